The normalized spacial score (nSPS) is 15.8. The average Bonchev–Trinajstić information content (AvgIpc) is 3.20. The Morgan fingerprint density at radius 1 is 1.50 bits per heavy atom. The summed E-state index contributed by atoms with van der Waals surface area (Å²) in [5.74, 6) is -0.0988. The van der Waals surface area contributed by atoms with E-state index in [0.29, 0.717) is 11.8 Å². The third kappa shape index (κ3) is 4.20. The first kappa shape index (κ1) is 14.8. The van der Waals surface area contributed by atoms with E-state index in [1.54, 1.807) is 6.07 Å². The molecule has 0 spiro atoms. The lowest BCUT2D eigenvalue weighted by Crippen LogP contribution is -2.30. The molecule has 0 aromatic heterocycles. The largest absolute Gasteiger partial charge is 0.483 e. The topological polar surface area (TPSA) is 50.4 Å². The quantitative estimate of drug-likeness (QED) is 0.804. The fraction of sp³-hybridized carbons (Fsp3) is 0.533. The van der Waals surface area contributed by atoms with Gasteiger partial charge < -0.3 is 15.4 Å². The van der Waals surface area contributed by atoms with E-state index in [0.717, 1.165) is 24.9 Å². The summed E-state index contributed by atoms with van der Waals surface area (Å²) in [5, 5.41) is 6.09. The predicted octanol–water partition coefficient (Wildman–Crippen LogP) is 2.15. The SMILES string of the molecule is CCNC(C)c1ccc(F)cc1OCC(=O)NC1CC1. The number of benzene rings is 1. The Bertz CT molecular complexity index is 475. The summed E-state index contributed by atoms with van der Waals surface area (Å²) >= 11 is 0. The number of hydrogen-bond donors (Lipinski definition) is 2. The molecule has 1 aromatic carbocycles. The van der Waals surface area contributed by atoms with Crippen molar-refractivity contribution in [2.24, 2.45) is 0 Å². The van der Waals surface area contributed by atoms with Crippen molar-refractivity contribution in [1.82, 2.24) is 10.6 Å². The van der Waals surface area contributed by atoms with Gasteiger partial charge in [-0.3, -0.25) is 4.79 Å². The van der Waals surface area contributed by atoms with Gasteiger partial charge in [0.25, 0.3) is 5.91 Å². The lowest BCUT2D eigenvalue weighted by molar-refractivity contribution is -0.123. The van der Waals surface area contributed by atoms with Gasteiger partial charge in [-0.2, -0.15) is 0 Å². The molecule has 1 atom stereocenters. The van der Waals surface area contributed by atoms with E-state index < -0.39 is 0 Å². The van der Waals surface area contributed by atoms with Crippen LogP contribution in [0.3, 0.4) is 0 Å². The number of hydrogen-bond acceptors (Lipinski definition) is 3. The van der Waals surface area contributed by atoms with Gasteiger partial charge in [0, 0.05) is 23.7 Å². The summed E-state index contributed by atoms with van der Waals surface area (Å²) < 4.78 is 18.8. The third-order valence-corrected chi connectivity index (χ3v) is 3.25. The van der Waals surface area contributed by atoms with Crippen LogP contribution in [0.4, 0.5) is 4.39 Å². The standard InChI is InChI=1S/C15H21FN2O2/c1-3-17-10(2)13-7-4-11(16)8-14(13)20-9-15(19)18-12-5-6-12/h4,7-8,10,12,17H,3,5-6,9H2,1-2H3,(H,18,19). The maximum atomic E-state index is 13.3. The lowest BCUT2D eigenvalue weighted by atomic mass is 10.1. The number of amides is 1. The van der Waals surface area contributed by atoms with Gasteiger partial charge in [0.2, 0.25) is 0 Å². The number of rotatable bonds is 7. The molecule has 0 saturated heterocycles. The van der Waals surface area contributed by atoms with E-state index in [9.17, 15) is 9.18 Å². The highest BCUT2D eigenvalue weighted by molar-refractivity contribution is 5.78. The molecule has 1 aromatic rings. The molecule has 20 heavy (non-hydrogen) atoms. The predicted molar refractivity (Wildman–Crippen MR) is 75.2 cm³/mol. The molecule has 5 heteroatoms. The van der Waals surface area contributed by atoms with Crippen LogP contribution in [0.25, 0.3) is 0 Å². The molecular weight excluding hydrogens is 259 g/mol. The lowest BCUT2D eigenvalue weighted by Gasteiger charge is -2.17. The Labute approximate surface area is 118 Å². The van der Waals surface area contributed by atoms with Crippen LogP contribution in [-0.2, 0) is 4.79 Å². The molecule has 1 saturated carbocycles. The van der Waals surface area contributed by atoms with Crippen LogP contribution in [0.1, 0.15) is 38.3 Å². The minimum atomic E-state index is -0.366. The van der Waals surface area contributed by atoms with Gasteiger partial charge in [-0.25, -0.2) is 4.39 Å². The van der Waals surface area contributed by atoms with Crippen molar-refractivity contribution in [3.63, 3.8) is 0 Å². The monoisotopic (exact) mass is 280 g/mol. The molecule has 1 fully saturated rings. The van der Waals surface area contributed by atoms with Crippen molar-refractivity contribution in [2.75, 3.05) is 13.2 Å². The summed E-state index contributed by atoms with van der Waals surface area (Å²) in [6.07, 6.45) is 2.07. The second-order valence-corrected chi connectivity index (χ2v) is 5.09. The maximum absolute atomic E-state index is 13.3. The summed E-state index contributed by atoms with van der Waals surface area (Å²) in [6, 6.07) is 4.77. The Hall–Kier alpha value is -1.62. The molecule has 1 aliphatic carbocycles. The first-order valence-electron chi connectivity index (χ1n) is 7.05. The van der Waals surface area contributed by atoms with Gasteiger partial charge in [0.05, 0.1) is 0 Å². The maximum Gasteiger partial charge on any atom is 0.258 e. The van der Waals surface area contributed by atoms with Gasteiger partial charge in [-0.05, 0) is 32.4 Å². The van der Waals surface area contributed by atoms with Crippen LogP contribution in [0, 0.1) is 5.82 Å². The van der Waals surface area contributed by atoms with Crippen LogP contribution >= 0.6 is 0 Å². The molecule has 110 valence electrons. The zero-order valence-corrected chi connectivity index (χ0v) is 11.9. The average molecular weight is 280 g/mol. The first-order chi connectivity index (χ1) is 9.60. The molecule has 4 nitrogen and oxygen atoms in total. The highest BCUT2D eigenvalue weighted by atomic mass is 19.1. The van der Waals surface area contributed by atoms with Crippen molar-refractivity contribution in [3.05, 3.63) is 29.6 Å². The van der Waals surface area contributed by atoms with Crippen molar-refractivity contribution >= 4 is 5.91 Å². The molecule has 0 aliphatic heterocycles. The summed E-state index contributed by atoms with van der Waals surface area (Å²) in [7, 11) is 0. The van der Waals surface area contributed by atoms with Gasteiger partial charge >= 0.3 is 0 Å². The van der Waals surface area contributed by atoms with Gasteiger partial charge in [0.15, 0.2) is 6.61 Å². The molecule has 1 aliphatic rings. The van der Waals surface area contributed by atoms with Crippen molar-refractivity contribution in [2.45, 2.75) is 38.8 Å². The summed E-state index contributed by atoms with van der Waals surface area (Å²) in [5.41, 5.74) is 0.854. The van der Waals surface area contributed by atoms with Crippen molar-refractivity contribution in [3.8, 4) is 5.75 Å². The summed E-state index contributed by atoms with van der Waals surface area (Å²) in [6.45, 7) is 4.71. The Morgan fingerprint density at radius 2 is 2.25 bits per heavy atom. The molecule has 1 amide bonds. The Balaban J connectivity index is 2.00. The van der Waals surface area contributed by atoms with Crippen LogP contribution in [-0.4, -0.2) is 25.1 Å². The van der Waals surface area contributed by atoms with Crippen LogP contribution < -0.4 is 15.4 Å². The fourth-order valence-electron chi connectivity index (χ4n) is 2.05. The molecule has 2 N–H and O–H groups in total. The van der Waals surface area contributed by atoms with Crippen LogP contribution in [0.15, 0.2) is 18.2 Å². The number of carbonyl (C=O) groups excluding carboxylic acids is 1. The molecule has 2 rings (SSSR count). The number of ether oxygens (including phenoxy) is 1. The van der Waals surface area contributed by atoms with Gasteiger partial charge in [-0.1, -0.05) is 13.0 Å². The van der Waals surface area contributed by atoms with E-state index in [1.165, 1.54) is 12.1 Å². The van der Waals surface area contributed by atoms with Gasteiger partial charge in [-0.15, -0.1) is 0 Å². The van der Waals surface area contributed by atoms with Crippen molar-refractivity contribution in [1.29, 1.82) is 0 Å². The Kier molecular flexibility index (Phi) is 4.95. The summed E-state index contributed by atoms with van der Waals surface area (Å²) in [4.78, 5) is 11.6. The highest BCUT2D eigenvalue weighted by Crippen LogP contribution is 2.26. The number of nitrogens with one attached hydrogen (secondary N) is 2. The van der Waals surface area contributed by atoms with E-state index in [4.69, 9.17) is 4.74 Å². The smallest absolute Gasteiger partial charge is 0.258 e. The second kappa shape index (κ2) is 6.70. The van der Waals surface area contributed by atoms with Gasteiger partial charge in [0.1, 0.15) is 11.6 Å². The zero-order valence-electron chi connectivity index (χ0n) is 11.9. The fourth-order valence-corrected chi connectivity index (χ4v) is 2.05. The third-order valence-electron chi connectivity index (χ3n) is 3.25. The zero-order chi connectivity index (χ0) is 14.5. The van der Waals surface area contributed by atoms with Crippen LogP contribution in [0.2, 0.25) is 0 Å². The van der Waals surface area contributed by atoms with Crippen LogP contribution in [0.5, 0.6) is 5.75 Å². The number of carbonyl (C=O) groups is 1. The van der Waals surface area contributed by atoms with E-state index in [-0.39, 0.29) is 24.4 Å². The molecule has 0 bridgehead atoms. The Morgan fingerprint density at radius 3 is 2.90 bits per heavy atom. The van der Waals surface area contributed by atoms with E-state index in [1.807, 2.05) is 13.8 Å². The first-order valence-corrected chi connectivity index (χ1v) is 7.05. The minimum absolute atomic E-state index is 0.0436. The number of halogens is 1. The molecule has 0 radical (unpaired) electrons. The van der Waals surface area contributed by atoms with Crippen molar-refractivity contribution < 1.29 is 13.9 Å². The van der Waals surface area contributed by atoms with E-state index >= 15 is 0 Å². The second-order valence-electron chi connectivity index (χ2n) is 5.09. The minimum Gasteiger partial charge on any atom is -0.483 e. The molecule has 0 heterocycles. The van der Waals surface area contributed by atoms with E-state index in [2.05, 4.69) is 10.6 Å². The highest BCUT2D eigenvalue weighted by Gasteiger charge is 2.23. The molecule has 1 unspecified atom stereocenters. The molecular formula is C15H21FN2O2.